The van der Waals surface area contributed by atoms with Crippen molar-refractivity contribution in [3.63, 3.8) is 0 Å². The van der Waals surface area contributed by atoms with Gasteiger partial charge in [0.15, 0.2) is 7.14 Å². The first-order valence-corrected chi connectivity index (χ1v) is 16.2. The number of benzene rings is 6. The average molecular weight is 560 g/mol. The van der Waals surface area contributed by atoms with Crippen LogP contribution in [0.4, 0.5) is 0 Å². The first-order valence-electron chi connectivity index (χ1n) is 14.5. The number of rotatable bonds is 3. The van der Waals surface area contributed by atoms with Gasteiger partial charge in [0.25, 0.3) is 0 Å². The molecule has 0 spiro atoms. The number of para-hydroxylation sites is 2. The van der Waals surface area contributed by atoms with Gasteiger partial charge in [0.2, 0.25) is 0 Å². The maximum Gasteiger partial charge on any atom is 0.171 e. The third-order valence-corrected chi connectivity index (χ3v) is 12.2. The molecule has 0 saturated carbocycles. The lowest BCUT2D eigenvalue weighted by Gasteiger charge is -2.39. The van der Waals surface area contributed by atoms with E-state index in [1.165, 1.54) is 21.8 Å². The van der Waals surface area contributed by atoms with Crippen LogP contribution in [-0.4, -0.2) is 4.57 Å². The highest BCUT2D eigenvalue weighted by Crippen LogP contribution is 2.53. The molecule has 0 radical (unpaired) electrons. The minimum absolute atomic E-state index is 0.264. The number of fused-ring (bicyclic) bond motifs is 5. The molecule has 7 aromatic rings. The molecule has 1 atom stereocenters. The molecule has 0 amide bonds. The lowest BCUT2D eigenvalue weighted by Crippen LogP contribution is -2.42. The monoisotopic (exact) mass is 559 g/mol. The van der Waals surface area contributed by atoms with Crippen LogP contribution in [0, 0.1) is 0 Å². The summed E-state index contributed by atoms with van der Waals surface area (Å²) in [4.78, 5) is 0. The summed E-state index contributed by atoms with van der Waals surface area (Å²) < 4.78 is 17.8. The van der Waals surface area contributed by atoms with Gasteiger partial charge in [-0.3, -0.25) is 0 Å². The Kier molecular flexibility index (Phi) is 5.48. The average Bonchev–Trinajstić information content (AvgIpc) is 3.38. The van der Waals surface area contributed by atoms with E-state index in [9.17, 15) is 0 Å². The Hall–Kier alpha value is -4.65. The van der Waals surface area contributed by atoms with Gasteiger partial charge in [-0.1, -0.05) is 123 Å². The molecule has 3 heteroatoms. The Morgan fingerprint density at radius 3 is 1.93 bits per heavy atom. The summed E-state index contributed by atoms with van der Waals surface area (Å²) in [6, 6.07) is 50.9. The molecule has 1 aliphatic rings. The van der Waals surface area contributed by atoms with Crippen LogP contribution in [0.3, 0.4) is 0 Å². The first-order chi connectivity index (χ1) is 20.5. The Morgan fingerprint density at radius 2 is 1.12 bits per heavy atom. The SMILES string of the molecule is CC1(C)c2ccccc2P(=O)(c2ccccc2)c2cc(-c3ccc4c(c3)c3ccccc3n4-c3ccccc3)ccc21. The summed E-state index contributed by atoms with van der Waals surface area (Å²) in [5.41, 5.74) is 7.74. The van der Waals surface area contributed by atoms with Gasteiger partial charge >= 0.3 is 0 Å². The lowest BCUT2D eigenvalue weighted by molar-refractivity contribution is 0.586. The fourth-order valence-electron chi connectivity index (χ4n) is 6.98. The van der Waals surface area contributed by atoms with E-state index in [4.69, 9.17) is 0 Å². The molecule has 1 aromatic heterocycles. The van der Waals surface area contributed by atoms with Crippen molar-refractivity contribution in [3.8, 4) is 16.8 Å². The fraction of sp³-hybridized carbons (Fsp3) is 0.0769. The van der Waals surface area contributed by atoms with Gasteiger partial charge in [-0.05, 0) is 58.7 Å². The molecular weight excluding hydrogens is 529 g/mol. The molecule has 1 aliphatic heterocycles. The van der Waals surface area contributed by atoms with Gasteiger partial charge in [-0.2, -0.15) is 0 Å². The molecule has 2 heterocycles. The molecule has 202 valence electrons. The van der Waals surface area contributed by atoms with Crippen molar-refractivity contribution in [3.05, 3.63) is 157 Å². The van der Waals surface area contributed by atoms with E-state index in [1.54, 1.807) is 0 Å². The van der Waals surface area contributed by atoms with E-state index in [0.717, 1.165) is 43.9 Å². The van der Waals surface area contributed by atoms with E-state index >= 15 is 4.57 Å². The van der Waals surface area contributed by atoms with Gasteiger partial charge in [-0.15, -0.1) is 0 Å². The summed E-state index contributed by atoms with van der Waals surface area (Å²) in [6.07, 6.45) is 0. The number of hydrogen-bond donors (Lipinski definition) is 0. The summed E-state index contributed by atoms with van der Waals surface area (Å²) in [5.74, 6) is 0. The second-order valence-electron chi connectivity index (χ2n) is 11.7. The quantitative estimate of drug-likeness (QED) is 0.199. The minimum atomic E-state index is -3.10. The predicted molar refractivity (Wildman–Crippen MR) is 178 cm³/mol. The minimum Gasteiger partial charge on any atom is -0.309 e. The van der Waals surface area contributed by atoms with E-state index < -0.39 is 7.14 Å². The Morgan fingerprint density at radius 1 is 0.524 bits per heavy atom. The normalized spacial score (nSPS) is 17.2. The molecule has 6 aromatic carbocycles. The standard InChI is InChI=1S/C39H30NOP/c1-39(2)33-18-10-12-20-37(33)42(41,30-15-7-4-8-16-30)38-26-28(21-23-34(38)39)27-22-24-36-32(25-27)31-17-9-11-19-35(31)40(36)29-13-5-3-6-14-29/h3-26H,1-2H3. The van der Waals surface area contributed by atoms with Crippen molar-refractivity contribution in [2.75, 3.05) is 0 Å². The highest BCUT2D eigenvalue weighted by atomic mass is 31.2. The zero-order chi connectivity index (χ0) is 28.5. The second-order valence-corrected chi connectivity index (χ2v) is 14.4. The molecule has 0 aliphatic carbocycles. The van der Waals surface area contributed by atoms with Gasteiger partial charge in [-0.25, -0.2) is 0 Å². The van der Waals surface area contributed by atoms with Crippen LogP contribution in [0.2, 0.25) is 0 Å². The number of aromatic nitrogens is 1. The third kappa shape index (κ3) is 3.49. The molecule has 8 rings (SSSR count). The van der Waals surface area contributed by atoms with Crippen molar-refractivity contribution in [2.24, 2.45) is 0 Å². The predicted octanol–water partition coefficient (Wildman–Crippen LogP) is 8.73. The van der Waals surface area contributed by atoms with Crippen molar-refractivity contribution >= 4 is 44.9 Å². The smallest absolute Gasteiger partial charge is 0.171 e. The second kappa shape index (κ2) is 9.18. The van der Waals surface area contributed by atoms with E-state index in [-0.39, 0.29) is 5.41 Å². The van der Waals surface area contributed by atoms with Gasteiger partial charge in [0.1, 0.15) is 0 Å². The van der Waals surface area contributed by atoms with Crippen LogP contribution in [0.5, 0.6) is 0 Å². The van der Waals surface area contributed by atoms with E-state index in [1.807, 2.05) is 36.4 Å². The molecular formula is C39H30NOP. The molecule has 2 nitrogen and oxygen atoms in total. The summed E-state index contributed by atoms with van der Waals surface area (Å²) in [6.45, 7) is 4.51. The fourth-order valence-corrected chi connectivity index (χ4v) is 10.4. The zero-order valence-corrected chi connectivity index (χ0v) is 24.6. The Balaban J connectivity index is 1.37. The van der Waals surface area contributed by atoms with Crippen molar-refractivity contribution in [1.82, 2.24) is 4.57 Å². The maximum atomic E-state index is 15.5. The van der Waals surface area contributed by atoms with Gasteiger partial charge in [0, 0.05) is 37.8 Å². The summed E-state index contributed by atoms with van der Waals surface area (Å²) in [5, 5.41) is 5.21. The van der Waals surface area contributed by atoms with Crippen LogP contribution in [-0.2, 0) is 9.98 Å². The molecule has 1 unspecified atom stereocenters. The van der Waals surface area contributed by atoms with Gasteiger partial charge < -0.3 is 9.13 Å². The number of hydrogen-bond acceptors (Lipinski definition) is 1. The number of nitrogens with zero attached hydrogens (tertiary/aromatic N) is 1. The van der Waals surface area contributed by atoms with E-state index in [2.05, 4.69) is 128 Å². The van der Waals surface area contributed by atoms with E-state index in [0.29, 0.717) is 0 Å². The van der Waals surface area contributed by atoms with Crippen LogP contribution >= 0.6 is 7.14 Å². The summed E-state index contributed by atoms with van der Waals surface area (Å²) >= 11 is 0. The maximum absolute atomic E-state index is 15.5. The summed E-state index contributed by atoms with van der Waals surface area (Å²) in [7, 11) is -3.10. The van der Waals surface area contributed by atoms with Crippen LogP contribution in [0.15, 0.2) is 146 Å². The van der Waals surface area contributed by atoms with Crippen LogP contribution in [0.1, 0.15) is 25.0 Å². The van der Waals surface area contributed by atoms with Crippen molar-refractivity contribution in [2.45, 2.75) is 19.3 Å². The van der Waals surface area contributed by atoms with Crippen molar-refractivity contribution in [1.29, 1.82) is 0 Å². The Labute approximate surface area is 246 Å². The molecule has 0 N–H and O–H groups in total. The molecule has 42 heavy (non-hydrogen) atoms. The van der Waals surface area contributed by atoms with Gasteiger partial charge in [0.05, 0.1) is 11.0 Å². The molecule has 0 fully saturated rings. The lowest BCUT2D eigenvalue weighted by atomic mass is 9.77. The molecule has 0 bridgehead atoms. The van der Waals surface area contributed by atoms with Crippen molar-refractivity contribution < 1.29 is 4.57 Å². The van der Waals surface area contributed by atoms with Crippen LogP contribution < -0.4 is 15.9 Å². The third-order valence-electron chi connectivity index (χ3n) is 9.07. The first kappa shape index (κ1) is 25.1. The van der Waals surface area contributed by atoms with Crippen LogP contribution in [0.25, 0.3) is 38.6 Å². The Bertz CT molecular complexity index is 2190. The highest BCUT2D eigenvalue weighted by Gasteiger charge is 2.44. The molecule has 0 saturated heterocycles. The largest absolute Gasteiger partial charge is 0.309 e. The highest BCUT2D eigenvalue weighted by molar-refractivity contribution is 7.85. The topological polar surface area (TPSA) is 22.0 Å². The zero-order valence-electron chi connectivity index (χ0n) is 23.7.